The average molecular weight is 461 g/mol. The molecule has 1 saturated heterocycles. The topological polar surface area (TPSA) is 53.5 Å². The van der Waals surface area contributed by atoms with Crippen molar-refractivity contribution in [3.63, 3.8) is 0 Å². The molecule has 5 heteroatoms. The number of rotatable bonds is 12. The first-order chi connectivity index (χ1) is 16.8. The molecule has 0 aliphatic carbocycles. The van der Waals surface area contributed by atoms with Crippen molar-refractivity contribution in [2.75, 3.05) is 13.2 Å². The van der Waals surface area contributed by atoms with Gasteiger partial charge in [0.05, 0.1) is 25.6 Å². The van der Waals surface area contributed by atoms with E-state index in [1.807, 2.05) is 54.6 Å². The Morgan fingerprint density at radius 1 is 0.824 bits per heavy atom. The molecule has 2 heterocycles. The van der Waals surface area contributed by atoms with E-state index >= 15 is 0 Å². The average Bonchev–Trinajstić information content (AvgIpc) is 2.91. The van der Waals surface area contributed by atoms with Crippen molar-refractivity contribution in [1.82, 2.24) is 9.97 Å². The quantitative estimate of drug-likeness (QED) is 0.269. The Bertz CT molecular complexity index is 953. The standard InChI is InChI=1S/C29H36N2O3/c1-2-3-4-5-6-8-13-24-21-33-29(34-22-24)26-16-14-25(15-17-26)28-30-18-27(19-31-28)32-20-23-11-9-7-10-12-23/h7,9-12,14-19,24,29H,2-6,8,13,20-22H2,1H3. The van der Waals surface area contributed by atoms with Crippen molar-refractivity contribution in [1.29, 1.82) is 0 Å². The summed E-state index contributed by atoms with van der Waals surface area (Å²) in [5, 5.41) is 0. The summed E-state index contributed by atoms with van der Waals surface area (Å²) in [5.74, 6) is 1.84. The van der Waals surface area contributed by atoms with E-state index in [9.17, 15) is 0 Å². The smallest absolute Gasteiger partial charge is 0.183 e. The molecule has 1 fully saturated rings. The van der Waals surface area contributed by atoms with Crippen molar-refractivity contribution in [2.24, 2.45) is 5.92 Å². The maximum Gasteiger partial charge on any atom is 0.183 e. The van der Waals surface area contributed by atoms with Crippen LogP contribution in [0.1, 0.15) is 69.3 Å². The molecule has 0 spiro atoms. The third-order valence-corrected chi connectivity index (χ3v) is 6.25. The summed E-state index contributed by atoms with van der Waals surface area (Å²) in [5.41, 5.74) is 3.10. The lowest BCUT2D eigenvalue weighted by molar-refractivity contribution is -0.206. The van der Waals surface area contributed by atoms with E-state index in [2.05, 4.69) is 16.9 Å². The summed E-state index contributed by atoms with van der Waals surface area (Å²) >= 11 is 0. The van der Waals surface area contributed by atoms with E-state index in [1.165, 1.54) is 44.9 Å². The highest BCUT2D eigenvalue weighted by molar-refractivity contribution is 5.55. The van der Waals surface area contributed by atoms with Crippen LogP contribution in [-0.2, 0) is 16.1 Å². The van der Waals surface area contributed by atoms with E-state index in [4.69, 9.17) is 14.2 Å². The molecule has 5 nitrogen and oxygen atoms in total. The summed E-state index contributed by atoms with van der Waals surface area (Å²) in [7, 11) is 0. The molecular formula is C29H36N2O3. The molecule has 1 aliphatic heterocycles. The summed E-state index contributed by atoms with van der Waals surface area (Å²) in [6.07, 6.45) is 12.3. The zero-order chi connectivity index (χ0) is 23.4. The fraction of sp³-hybridized carbons (Fsp3) is 0.448. The van der Waals surface area contributed by atoms with Gasteiger partial charge in [0.1, 0.15) is 6.61 Å². The molecule has 180 valence electrons. The summed E-state index contributed by atoms with van der Waals surface area (Å²) in [4.78, 5) is 8.93. The van der Waals surface area contributed by atoms with Gasteiger partial charge in [-0.25, -0.2) is 9.97 Å². The lowest BCUT2D eigenvalue weighted by Crippen LogP contribution is -2.27. The molecular weight excluding hydrogens is 424 g/mol. The zero-order valence-corrected chi connectivity index (χ0v) is 20.2. The summed E-state index contributed by atoms with van der Waals surface area (Å²) in [6, 6.07) is 18.2. The minimum Gasteiger partial charge on any atom is -0.486 e. The molecule has 3 aromatic rings. The summed E-state index contributed by atoms with van der Waals surface area (Å²) < 4.78 is 17.8. The maximum absolute atomic E-state index is 6.03. The van der Waals surface area contributed by atoms with Gasteiger partial charge in [-0.1, -0.05) is 100 Å². The van der Waals surface area contributed by atoms with Crippen molar-refractivity contribution < 1.29 is 14.2 Å². The van der Waals surface area contributed by atoms with Gasteiger partial charge in [0.15, 0.2) is 17.9 Å². The largest absolute Gasteiger partial charge is 0.486 e. The Morgan fingerprint density at radius 2 is 1.50 bits per heavy atom. The molecule has 0 radical (unpaired) electrons. The van der Waals surface area contributed by atoms with Gasteiger partial charge in [0.2, 0.25) is 0 Å². The van der Waals surface area contributed by atoms with E-state index < -0.39 is 0 Å². The van der Waals surface area contributed by atoms with E-state index in [0.717, 1.165) is 29.9 Å². The number of aromatic nitrogens is 2. The van der Waals surface area contributed by atoms with Crippen LogP contribution in [0.5, 0.6) is 5.75 Å². The second-order valence-electron chi connectivity index (χ2n) is 9.06. The van der Waals surface area contributed by atoms with Gasteiger partial charge in [-0.2, -0.15) is 0 Å². The number of unbranched alkanes of at least 4 members (excludes halogenated alkanes) is 5. The molecule has 0 unspecified atom stereocenters. The first-order valence-corrected chi connectivity index (χ1v) is 12.6. The fourth-order valence-electron chi connectivity index (χ4n) is 4.19. The summed E-state index contributed by atoms with van der Waals surface area (Å²) in [6.45, 7) is 4.30. The Hall–Kier alpha value is -2.76. The molecule has 1 aromatic heterocycles. The number of hydrogen-bond donors (Lipinski definition) is 0. The predicted molar refractivity (Wildman–Crippen MR) is 134 cm³/mol. The van der Waals surface area contributed by atoms with Gasteiger partial charge in [-0.05, 0) is 12.0 Å². The Kier molecular flexibility index (Phi) is 9.47. The van der Waals surface area contributed by atoms with Crippen LogP contribution < -0.4 is 4.74 Å². The lowest BCUT2D eigenvalue weighted by atomic mass is 10.0. The van der Waals surface area contributed by atoms with Crippen molar-refractivity contribution in [3.8, 4) is 17.1 Å². The van der Waals surface area contributed by atoms with Crippen molar-refractivity contribution in [3.05, 3.63) is 78.1 Å². The number of benzene rings is 2. The third kappa shape index (κ3) is 7.37. The van der Waals surface area contributed by atoms with E-state index in [-0.39, 0.29) is 6.29 Å². The Labute approximate surface area is 203 Å². The van der Waals surface area contributed by atoms with Gasteiger partial charge in [-0.15, -0.1) is 0 Å². The molecule has 1 aliphatic rings. The second-order valence-corrected chi connectivity index (χ2v) is 9.06. The second kappa shape index (κ2) is 13.2. The molecule has 34 heavy (non-hydrogen) atoms. The van der Waals surface area contributed by atoms with Crippen molar-refractivity contribution in [2.45, 2.75) is 64.8 Å². The third-order valence-electron chi connectivity index (χ3n) is 6.25. The van der Waals surface area contributed by atoms with Crippen LogP contribution >= 0.6 is 0 Å². The predicted octanol–water partition coefficient (Wildman–Crippen LogP) is 7.13. The molecule has 0 bridgehead atoms. The molecule has 2 aromatic carbocycles. The SMILES string of the molecule is CCCCCCCCC1COC(c2ccc(-c3ncc(OCc4ccccc4)cn3)cc2)OC1. The molecule has 0 N–H and O–H groups in total. The Balaban J connectivity index is 1.21. The van der Waals surface area contributed by atoms with Crippen LogP contribution in [0.25, 0.3) is 11.4 Å². The van der Waals surface area contributed by atoms with Gasteiger partial charge < -0.3 is 14.2 Å². The van der Waals surface area contributed by atoms with Crippen LogP contribution in [0.2, 0.25) is 0 Å². The lowest BCUT2D eigenvalue weighted by Gasteiger charge is -2.29. The normalized spacial score (nSPS) is 18.0. The minimum absolute atomic E-state index is 0.287. The molecule has 4 rings (SSSR count). The number of nitrogens with zero attached hydrogens (tertiary/aromatic N) is 2. The monoisotopic (exact) mass is 460 g/mol. The molecule has 0 atom stereocenters. The minimum atomic E-state index is -0.287. The highest BCUT2D eigenvalue weighted by Gasteiger charge is 2.23. The van der Waals surface area contributed by atoms with Crippen LogP contribution in [0.3, 0.4) is 0 Å². The van der Waals surface area contributed by atoms with Gasteiger partial charge >= 0.3 is 0 Å². The van der Waals surface area contributed by atoms with Crippen LogP contribution in [-0.4, -0.2) is 23.2 Å². The van der Waals surface area contributed by atoms with Crippen LogP contribution in [0, 0.1) is 5.92 Å². The van der Waals surface area contributed by atoms with Crippen LogP contribution in [0.15, 0.2) is 67.0 Å². The first-order valence-electron chi connectivity index (χ1n) is 12.6. The zero-order valence-electron chi connectivity index (χ0n) is 20.2. The van der Waals surface area contributed by atoms with E-state index in [1.54, 1.807) is 12.4 Å². The number of hydrogen-bond acceptors (Lipinski definition) is 5. The van der Waals surface area contributed by atoms with Gasteiger partial charge in [-0.3, -0.25) is 0 Å². The molecule has 0 saturated carbocycles. The number of ether oxygens (including phenoxy) is 3. The molecule has 0 amide bonds. The van der Waals surface area contributed by atoms with Crippen LogP contribution in [0.4, 0.5) is 0 Å². The fourth-order valence-corrected chi connectivity index (χ4v) is 4.19. The highest BCUT2D eigenvalue weighted by atomic mass is 16.7. The van der Waals surface area contributed by atoms with Gasteiger partial charge in [0, 0.05) is 17.0 Å². The van der Waals surface area contributed by atoms with Crippen molar-refractivity contribution >= 4 is 0 Å². The van der Waals surface area contributed by atoms with Gasteiger partial charge in [0.25, 0.3) is 0 Å². The first kappa shape index (κ1) is 24.4. The van der Waals surface area contributed by atoms with E-state index in [0.29, 0.717) is 24.1 Å². The Morgan fingerprint density at radius 3 is 2.21 bits per heavy atom. The maximum atomic E-state index is 6.03. The highest BCUT2D eigenvalue weighted by Crippen LogP contribution is 2.29.